The number of anilines is 1. The Morgan fingerprint density at radius 2 is 1.69 bits per heavy atom. The third kappa shape index (κ3) is 5.18. The Hall–Kier alpha value is -2.14. The standard InChI is InChI=1S/C21H24BrNO3/c1-12-7-13(2)9-16(8-12)10-18(15(4)21(25)26)20(24)23-17-6-5-14(3)19(22)11-17/h5-9,11,15,18H,10H2,1-4H3,(H,23,24)(H,25,26). The number of hydrogen-bond acceptors (Lipinski definition) is 2. The van der Waals surface area contributed by atoms with Gasteiger partial charge in [0.15, 0.2) is 0 Å². The molecule has 2 aromatic rings. The van der Waals surface area contributed by atoms with Crippen molar-refractivity contribution >= 4 is 33.5 Å². The summed E-state index contributed by atoms with van der Waals surface area (Å²) in [6.07, 6.45) is 0.384. The van der Waals surface area contributed by atoms with Gasteiger partial charge in [-0.3, -0.25) is 9.59 Å². The molecule has 1 amide bonds. The summed E-state index contributed by atoms with van der Waals surface area (Å²) in [7, 11) is 0. The molecule has 26 heavy (non-hydrogen) atoms. The Balaban J connectivity index is 2.26. The number of aliphatic carboxylic acids is 1. The molecule has 0 heterocycles. The lowest BCUT2D eigenvalue weighted by Crippen LogP contribution is -2.33. The number of carbonyl (C=O) groups is 2. The van der Waals surface area contributed by atoms with E-state index >= 15 is 0 Å². The largest absolute Gasteiger partial charge is 0.481 e. The van der Waals surface area contributed by atoms with Gasteiger partial charge in [-0.2, -0.15) is 0 Å². The van der Waals surface area contributed by atoms with Crippen molar-refractivity contribution in [1.82, 2.24) is 0 Å². The summed E-state index contributed by atoms with van der Waals surface area (Å²) in [5.74, 6) is -2.70. The number of carboxylic acids is 1. The second-order valence-corrected chi connectivity index (χ2v) is 7.74. The molecule has 2 rings (SSSR count). The highest BCUT2D eigenvalue weighted by Gasteiger charge is 2.30. The first-order valence-corrected chi connectivity index (χ1v) is 9.33. The quantitative estimate of drug-likeness (QED) is 0.702. The molecule has 2 atom stereocenters. The van der Waals surface area contributed by atoms with E-state index in [0.29, 0.717) is 12.1 Å². The van der Waals surface area contributed by atoms with Gasteiger partial charge in [-0.25, -0.2) is 0 Å². The maximum Gasteiger partial charge on any atom is 0.307 e. The fourth-order valence-corrected chi connectivity index (χ4v) is 3.39. The highest BCUT2D eigenvalue weighted by atomic mass is 79.9. The Morgan fingerprint density at radius 3 is 2.23 bits per heavy atom. The minimum Gasteiger partial charge on any atom is -0.481 e. The first-order chi connectivity index (χ1) is 12.2. The van der Waals surface area contributed by atoms with Gasteiger partial charge in [0.25, 0.3) is 0 Å². The molecule has 2 unspecified atom stereocenters. The van der Waals surface area contributed by atoms with Gasteiger partial charge in [0.2, 0.25) is 5.91 Å². The molecule has 0 aliphatic rings. The zero-order valence-electron chi connectivity index (χ0n) is 15.5. The van der Waals surface area contributed by atoms with Crippen LogP contribution in [0.2, 0.25) is 0 Å². The van der Waals surface area contributed by atoms with Gasteiger partial charge in [-0.15, -0.1) is 0 Å². The van der Waals surface area contributed by atoms with Crippen LogP contribution in [0.1, 0.15) is 29.2 Å². The molecule has 2 N–H and O–H groups in total. The molecular weight excluding hydrogens is 394 g/mol. The molecule has 0 bridgehead atoms. The highest BCUT2D eigenvalue weighted by Crippen LogP contribution is 2.24. The van der Waals surface area contributed by atoms with Crippen molar-refractivity contribution in [3.63, 3.8) is 0 Å². The van der Waals surface area contributed by atoms with E-state index in [1.165, 1.54) is 0 Å². The van der Waals surface area contributed by atoms with Crippen molar-refractivity contribution in [3.8, 4) is 0 Å². The molecule has 0 aliphatic carbocycles. The lowest BCUT2D eigenvalue weighted by Gasteiger charge is -2.21. The molecular formula is C21H24BrNO3. The number of aryl methyl sites for hydroxylation is 3. The minimum atomic E-state index is -0.973. The maximum absolute atomic E-state index is 12.8. The van der Waals surface area contributed by atoms with Crippen LogP contribution in [0.3, 0.4) is 0 Å². The summed E-state index contributed by atoms with van der Waals surface area (Å²) in [6.45, 7) is 7.54. The van der Waals surface area contributed by atoms with Gasteiger partial charge in [-0.05, 0) is 50.5 Å². The van der Waals surface area contributed by atoms with E-state index in [1.54, 1.807) is 6.92 Å². The first-order valence-electron chi connectivity index (χ1n) is 8.54. The topological polar surface area (TPSA) is 66.4 Å². The molecule has 138 valence electrons. The molecule has 5 heteroatoms. The van der Waals surface area contributed by atoms with Crippen molar-refractivity contribution < 1.29 is 14.7 Å². The number of rotatable bonds is 6. The number of hydrogen-bond donors (Lipinski definition) is 2. The normalized spacial score (nSPS) is 13.1. The van der Waals surface area contributed by atoms with Crippen molar-refractivity contribution in [2.24, 2.45) is 11.8 Å². The van der Waals surface area contributed by atoms with E-state index in [9.17, 15) is 14.7 Å². The van der Waals surface area contributed by atoms with Crippen LogP contribution in [0.25, 0.3) is 0 Å². The van der Waals surface area contributed by atoms with Gasteiger partial charge in [-0.1, -0.05) is 58.2 Å². The number of carbonyl (C=O) groups excluding carboxylic acids is 1. The molecule has 0 aromatic heterocycles. The van der Waals surface area contributed by atoms with Gasteiger partial charge in [0, 0.05) is 10.2 Å². The fourth-order valence-electron chi connectivity index (χ4n) is 3.01. The zero-order valence-corrected chi connectivity index (χ0v) is 17.1. The van der Waals surface area contributed by atoms with Gasteiger partial charge < -0.3 is 10.4 Å². The Labute approximate surface area is 162 Å². The van der Waals surface area contributed by atoms with E-state index < -0.39 is 17.8 Å². The summed E-state index contributed by atoms with van der Waals surface area (Å²) >= 11 is 3.45. The summed E-state index contributed by atoms with van der Waals surface area (Å²) < 4.78 is 0.896. The van der Waals surface area contributed by atoms with Crippen molar-refractivity contribution in [2.45, 2.75) is 34.1 Å². The van der Waals surface area contributed by atoms with Crippen LogP contribution in [0.5, 0.6) is 0 Å². The number of amides is 1. The fraction of sp³-hybridized carbons (Fsp3) is 0.333. The Kier molecular flexibility index (Phi) is 6.59. The molecule has 0 saturated heterocycles. The SMILES string of the molecule is Cc1cc(C)cc(CC(C(=O)Nc2ccc(C)c(Br)c2)C(C)C(=O)O)c1. The molecule has 0 fully saturated rings. The van der Waals surface area contributed by atoms with Crippen LogP contribution in [-0.4, -0.2) is 17.0 Å². The third-order valence-electron chi connectivity index (χ3n) is 4.51. The lowest BCUT2D eigenvalue weighted by atomic mass is 9.86. The van der Waals surface area contributed by atoms with Gasteiger partial charge >= 0.3 is 5.97 Å². The first kappa shape index (κ1) is 20.2. The zero-order chi connectivity index (χ0) is 19.4. The van der Waals surface area contributed by atoms with E-state index in [-0.39, 0.29) is 5.91 Å². The number of halogens is 1. The Morgan fingerprint density at radius 1 is 1.08 bits per heavy atom. The third-order valence-corrected chi connectivity index (χ3v) is 5.36. The van der Waals surface area contributed by atoms with Crippen molar-refractivity contribution in [2.75, 3.05) is 5.32 Å². The lowest BCUT2D eigenvalue weighted by molar-refractivity contribution is -0.145. The van der Waals surface area contributed by atoms with E-state index in [1.807, 2.05) is 51.1 Å². The van der Waals surface area contributed by atoms with E-state index in [0.717, 1.165) is 26.7 Å². The average molecular weight is 418 g/mol. The monoisotopic (exact) mass is 417 g/mol. The summed E-state index contributed by atoms with van der Waals surface area (Å²) in [4.78, 5) is 24.4. The summed E-state index contributed by atoms with van der Waals surface area (Å²) in [5.41, 5.74) is 4.89. The molecule has 2 aromatic carbocycles. The number of carboxylic acid groups (broad SMARTS) is 1. The second-order valence-electron chi connectivity index (χ2n) is 6.89. The van der Waals surface area contributed by atoms with E-state index in [4.69, 9.17) is 0 Å². The molecule has 4 nitrogen and oxygen atoms in total. The molecule has 0 radical (unpaired) electrons. The number of nitrogens with one attached hydrogen (secondary N) is 1. The summed E-state index contributed by atoms with van der Waals surface area (Å²) in [5, 5.41) is 12.3. The predicted octanol–water partition coefficient (Wildman–Crippen LogP) is 4.89. The molecule has 0 spiro atoms. The Bertz CT molecular complexity index is 812. The van der Waals surface area contributed by atoms with Crippen molar-refractivity contribution in [3.05, 3.63) is 63.1 Å². The van der Waals surface area contributed by atoms with Crippen LogP contribution in [0.15, 0.2) is 40.9 Å². The van der Waals surface area contributed by atoms with Crippen molar-refractivity contribution in [1.29, 1.82) is 0 Å². The van der Waals surface area contributed by atoms with Crippen LogP contribution in [0, 0.1) is 32.6 Å². The smallest absolute Gasteiger partial charge is 0.307 e. The minimum absolute atomic E-state index is 0.283. The average Bonchev–Trinajstić information content (AvgIpc) is 2.54. The van der Waals surface area contributed by atoms with Gasteiger partial charge in [0.1, 0.15) is 0 Å². The van der Waals surface area contributed by atoms with E-state index in [2.05, 4.69) is 27.3 Å². The predicted molar refractivity (Wildman–Crippen MR) is 107 cm³/mol. The van der Waals surface area contributed by atoms with Crippen LogP contribution in [0.4, 0.5) is 5.69 Å². The van der Waals surface area contributed by atoms with Crippen LogP contribution in [-0.2, 0) is 16.0 Å². The summed E-state index contributed by atoms with van der Waals surface area (Å²) in [6, 6.07) is 11.6. The van der Waals surface area contributed by atoms with Crippen LogP contribution < -0.4 is 5.32 Å². The van der Waals surface area contributed by atoms with Crippen LogP contribution >= 0.6 is 15.9 Å². The molecule has 0 aliphatic heterocycles. The molecule has 0 saturated carbocycles. The number of benzene rings is 2. The second kappa shape index (κ2) is 8.49. The maximum atomic E-state index is 12.8. The highest BCUT2D eigenvalue weighted by molar-refractivity contribution is 9.10. The van der Waals surface area contributed by atoms with Gasteiger partial charge in [0.05, 0.1) is 11.8 Å².